The molecule has 0 aromatic carbocycles. The number of hydrogen-bond donors (Lipinski definition) is 1. The highest BCUT2D eigenvalue weighted by Gasteiger charge is 2.37. The van der Waals surface area contributed by atoms with E-state index in [4.69, 9.17) is 0 Å². The van der Waals surface area contributed by atoms with Gasteiger partial charge in [-0.25, -0.2) is 9.59 Å². The fourth-order valence-electron chi connectivity index (χ4n) is 2.74. The highest BCUT2D eigenvalue weighted by molar-refractivity contribution is 5.86. The molecule has 120 valence electrons. The van der Waals surface area contributed by atoms with Gasteiger partial charge in [0.1, 0.15) is 6.04 Å². The van der Waals surface area contributed by atoms with Crippen molar-refractivity contribution in [3.8, 4) is 0 Å². The second-order valence-corrected chi connectivity index (χ2v) is 6.08. The van der Waals surface area contributed by atoms with E-state index in [-0.39, 0.29) is 23.8 Å². The summed E-state index contributed by atoms with van der Waals surface area (Å²) < 4.78 is 0. The quantitative estimate of drug-likeness (QED) is 0.822. The molecule has 0 aromatic heterocycles. The van der Waals surface area contributed by atoms with Gasteiger partial charge in [-0.1, -0.05) is 13.8 Å². The lowest BCUT2D eigenvalue weighted by Gasteiger charge is -2.30. The van der Waals surface area contributed by atoms with E-state index in [0.29, 0.717) is 19.5 Å². The summed E-state index contributed by atoms with van der Waals surface area (Å²) in [5, 5.41) is 9.25. The maximum atomic E-state index is 12.4. The number of hydrogen-bond acceptors (Lipinski definition) is 3. The van der Waals surface area contributed by atoms with Crippen LogP contribution in [-0.4, -0.2) is 78.0 Å². The SMILES string of the molecule is CC(C)C(C(=O)O)N(C)C(=O)[C@H]1CCN(C(=O)N(C)C)C1. The number of urea groups is 1. The summed E-state index contributed by atoms with van der Waals surface area (Å²) >= 11 is 0. The summed E-state index contributed by atoms with van der Waals surface area (Å²) in [5.41, 5.74) is 0. The highest BCUT2D eigenvalue weighted by atomic mass is 16.4. The van der Waals surface area contributed by atoms with Crippen LogP contribution >= 0.6 is 0 Å². The lowest BCUT2D eigenvalue weighted by atomic mass is 10.0. The standard InChI is InChI=1S/C14H25N3O4/c1-9(2)11(13(19)20)16(5)12(18)10-6-7-17(8-10)14(21)15(3)4/h9-11H,6-8H2,1-5H3,(H,19,20)/t10-,11?/m0/s1. The van der Waals surface area contributed by atoms with Crippen molar-refractivity contribution in [2.45, 2.75) is 26.3 Å². The molecular formula is C14H25N3O4. The predicted octanol–water partition coefficient (Wildman–Crippen LogP) is 0.558. The number of nitrogens with zero attached hydrogens (tertiary/aromatic N) is 3. The van der Waals surface area contributed by atoms with Crippen LogP contribution in [-0.2, 0) is 9.59 Å². The number of likely N-dealkylation sites (tertiary alicyclic amines) is 1. The predicted molar refractivity (Wildman–Crippen MR) is 77.8 cm³/mol. The Balaban J connectivity index is 2.72. The van der Waals surface area contributed by atoms with Crippen LogP contribution in [0.3, 0.4) is 0 Å². The van der Waals surface area contributed by atoms with Crippen molar-refractivity contribution in [3.63, 3.8) is 0 Å². The van der Waals surface area contributed by atoms with Gasteiger partial charge in [-0.05, 0) is 12.3 Å². The second kappa shape index (κ2) is 6.78. The molecule has 0 aromatic rings. The molecule has 0 saturated carbocycles. The molecule has 7 nitrogen and oxygen atoms in total. The van der Waals surface area contributed by atoms with E-state index >= 15 is 0 Å². The maximum absolute atomic E-state index is 12.4. The van der Waals surface area contributed by atoms with E-state index in [1.165, 1.54) is 16.8 Å². The Bertz CT molecular complexity index is 422. The van der Waals surface area contributed by atoms with Gasteiger partial charge in [-0.15, -0.1) is 0 Å². The van der Waals surface area contributed by atoms with Gasteiger partial charge in [0.2, 0.25) is 5.91 Å². The van der Waals surface area contributed by atoms with Crippen LogP contribution in [0, 0.1) is 11.8 Å². The largest absolute Gasteiger partial charge is 0.480 e. The molecule has 1 rings (SSSR count). The van der Waals surface area contributed by atoms with Crippen LogP contribution in [0.4, 0.5) is 4.79 Å². The highest BCUT2D eigenvalue weighted by Crippen LogP contribution is 2.21. The van der Waals surface area contributed by atoms with Crippen molar-refractivity contribution in [1.82, 2.24) is 14.7 Å². The van der Waals surface area contributed by atoms with Gasteiger partial charge in [0.05, 0.1) is 5.92 Å². The molecule has 0 aliphatic carbocycles. The molecule has 0 spiro atoms. The number of carbonyl (C=O) groups excluding carboxylic acids is 2. The first-order chi connectivity index (χ1) is 9.66. The van der Waals surface area contributed by atoms with Crippen molar-refractivity contribution in [3.05, 3.63) is 0 Å². The number of carboxylic acid groups (broad SMARTS) is 1. The van der Waals surface area contributed by atoms with Gasteiger partial charge in [0.15, 0.2) is 0 Å². The first-order valence-corrected chi connectivity index (χ1v) is 7.12. The lowest BCUT2D eigenvalue weighted by Crippen LogP contribution is -2.48. The normalized spacial score (nSPS) is 19.5. The minimum Gasteiger partial charge on any atom is -0.480 e. The van der Waals surface area contributed by atoms with Crippen LogP contribution in [0.5, 0.6) is 0 Å². The van der Waals surface area contributed by atoms with Crippen molar-refractivity contribution in [2.24, 2.45) is 11.8 Å². The van der Waals surface area contributed by atoms with E-state index in [9.17, 15) is 19.5 Å². The Labute approximate surface area is 125 Å². The van der Waals surface area contributed by atoms with Crippen LogP contribution in [0.1, 0.15) is 20.3 Å². The van der Waals surface area contributed by atoms with Crippen LogP contribution < -0.4 is 0 Å². The van der Waals surface area contributed by atoms with E-state index in [1.54, 1.807) is 32.8 Å². The van der Waals surface area contributed by atoms with Crippen molar-refractivity contribution in [2.75, 3.05) is 34.2 Å². The second-order valence-electron chi connectivity index (χ2n) is 6.08. The molecular weight excluding hydrogens is 274 g/mol. The third-order valence-electron chi connectivity index (χ3n) is 3.84. The monoisotopic (exact) mass is 299 g/mol. The maximum Gasteiger partial charge on any atom is 0.326 e. The van der Waals surface area contributed by atoms with E-state index in [0.717, 1.165) is 0 Å². The van der Waals surface area contributed by atoms with E-state index < -0.39 is 12.0 Å². The van der Waals surface area contributed by atoms with Gasteiger partial charge in [-0.3, -0.25) is 4.79 Å². The van der Waals surface area contributed by atoms with E-state index in [1.807, 2.05) is 0 Å². The molecule has 1 fully saturated rings. The Morgan fingerprint density at radius 2 is 1.76 bits per heavy atom. The molecule has 1 heterocycles. The van der Waals surface area contributed by atoms with Gasteiger partial charge in [0, 0.05) is 34.2 Å². The summed E-state index contributed by atoms with van der Waals surface area (Å²) in [5.74, 6) is -1.69. The van der Waals surface area contributed by atoms with Gasteiger partial charge < -0.3 is 19.8 Å². The summed E-state index contributed by atoms with van der Waals surface area (Å²) in [4.78, 5) is 40.0. The average Bonchev–Trinajstić information content (AvgIpc) is 2.85. The molecule has 3 amide bonds. The third-order valence-corrected chi connectivity index (χ3v) is 3.84. The number of carbonyl (C=O) groups is 3. The topological polar surface area (TPSA) is 81.2 Å². The summed E-state index contributed by atoms with van der Waals surface area (Å²) in [7, 11) is 4.86. The lowest BCUT2D eigenvalue weighted by molar-refractivity contribution is -0.152. The Morgan fingerprint density at radius 3 is 2.19 bits per heavy atom. The average molecular weight is 299 g/mol. The van der Waals surface area contributed by atoms with E-state index in [2.05, 4.69) is 0 Å². The minimum atomic E-state index is -1.000. The first-order valence-electron chi connectivity index (χ1n) is 7.12. The van der Waals surface area contributed by atoms with Crippen molar-refractivity contribution < 1.29 is 19.5 Å². The molecule has 0 bridgehead atoms. The molecule has 0 radical (unpaired) electrons. The number of likely N-dealkylation sites (N-methyl/N-ethyl adjacent to an activating group) is 1. The minimum absolute atomic E-state index is 0.119. The zero-order valence-corrected chi connectivity index (χ0v) is 13.4. The van der Waals surface area contributed by atoms with Crippen molar-refractivity contribution in [1.29, 1.82) is 0 Å². The summed E-state index contributed by atoms with van der Waals surface area (Å²) in [6.45, 7) is 4.43. The molecule has 2 atom stereocenters. The van der Waals surface area contributed by atoms with Crippen LogP contribution in [0.25, 0.3) is 0 Å². The van der Waals surface area contributed by atoms with Gasteiger partial charge in [0.25, 0.3) is 0 Å². The summed E-state index contributed by atoms with van der Waals surface area (Å²) in [6.07, 6.45) is 0.577. The third kappa shape index (κ3) is 3.86. The van der Waals surface area contributed by atoms with Crippen LogP contribution in [0.2, 0.25) is 0 Å². The number of carboxylic acids is 1. The Morgan fingerprint density at radius 1 is 1.19 bits per heavy atom. The zero-order chi connectivity index (χ0) is 16.3. The molecule has 1 unspecified atom stereocenters. The van der Waals surface area contributed by atoms with Gasteiger partial charge >= 0.3 is 12.0 Å². The zero-order valence-electron chi connectivity index (χ0n) is 13.4. The molecule has 1 aliphatic heterocycles. The number of aliphatic carboxylic acids is 1. The smallest absolute Gasteiger partial charge is 0.326 e. The fraction of sp³-hybridized carbons (Fsp3) is 0.786. The molecule has 7 heteroatoms. The molecule has 1 N–H and O–H groups in total. The fourth-order valence-corrected chi connectivity index (χ4v) is 2.74. The summed E-state index contributed by atoms with van der Waals surface area (Å²) in [6, 6.07) is -0.956. The first kappa shape index (κ1) is 17.3. The number of amides is 3. The molecule has 21 heavy (non-hydrogen) atoms. The number of rotatable bonds is 4. The molecule has 1 aliphatic rings. The molecule has 1 saturated heterocycles. The van der Waals surface area contributed by atoms with Crippen molar-refractivity contribution >= 4 is 17.9 Å². The Hall–Kier alpha value is -1.79. The Kier molecular flexibility index (Phi) is 5.57. The van der Waals surface area contributed by atoms with Gasteiger partial charge in [-0.2, -0.15) is 0 Å². The van der Waals surface area contributed by atoms with Crippen LogP contribution in [0.15, 0.2) is 0 Å².